The lowest BCUT2D eigenvalue weighted by molar-refractivity contribution is 0.136. The number of nitrogens with two attached hydrogens (primary N) is 1. The first kappa shape index (κ1) is 12.4. The molecule has 0 spiro atoms. The van der Waals surface area contributed by atoms with E-state index in [1.165, 1.54) is 10.7 Å². The van der Waals surface area contributed by atoms with Crippen LogP contribution in [0, 0.1) is 5.82 Å². The predicted molar refractivity (Wildman–Crippen MR) is 64.1 cm³/mol. The summed E-state index contributed by atoms with van der Waals surface area (Å²) in [6.07, 6.45) is 0. The molecule has 0 aliphatic carbocycles. The van der Waals surface area contributed by atoms with Crippen molar-refractivity contribution in [3.05, 3.63) is 24.0 Å². The maximum absolute atomic E-state index is 13.8. The monoisotopic (exact) mass is 251 g/mol. The van der Waals surface area contributed by atoms with Crippen LogP contribution in [0.15, 0.2) is 18.2 Å². The van der Waals surface area contributed by atoms with E-state index in [1.807, 2.05) is 6.92 Å². The first-order valence-corrected chi connectivity index (χ1v) is 5.61. The zero-order valence-electron chi connectivity index (χ0n) is 10.0. The smallest absolute Gasteiger partial charge is 0.185 e. The lowest BCUT2D eigenvalue weighted by atomic mass is 10.2. The molecule has 2 aromatic rings. The molecule has 0 unspecified atom stereocenters. The highest BCUT2D eigenvalue weighted by Crippen LogP contribution is 2.21. The number of halogens is 1. The van der Waals surface area contributed by atoms with E-state index >= 15 is 0 Å². The Hall–Kier alpha value is -2.02. The Morgan fingerprint density at radius 1 is 1.44 bits per heavy atom. The van der Waals surface area contributed by atoms with Crippen LogP contribution in [0.1, 0.15) is 6.92 Å². The summed E-state index contributed by atoms with van der Waals surface area (Å²) in [4.78, 5) is 0. The number of hydrogen-bond acceptors (Lipinski definition) is 5. The van der Waals surface area contributed by atoms with Gasteiger partial charge in [0.2, 0.25) is 0 Å². The van der Waals surface area contributed by atoms with Crippen molar-refractivity contribution in [1.29, 1.82) is 0 Å². The average Bonchev–Trinajstić information content (AvgIpc) is 2.78. The lowest BCUT2D eigenvalue weighted by Crippen LogP contribution is -2.09. The number of tetrazole rings is 1. The lowest BCUT2D eigenvalue weighted by Gasteiger charge is -2.06. The van der Waals surface area contributed by atoms with Crippen LogP contribution in [0.2, 0.25) is 0 Å². The average molecular weight is 251 g/mol. The first-order chi connectivity index (χ1) is 8.72. The minimum Gasteiger partial charge on any atom is -0.399 e. The zero-order chi connectivity index (χ0) is 13.0. The van der Waals surface area contributed by atoms with Crippen LogP contribution in [-0.2, 0) is 11.3 Å². The van der Waals surface area contributed by atoms with Gasteiger partial charge in [0.15, 0.2) is 5.82 Å². The van der Waals surface area contributed by atoms with E-state index in [9.17, 15) is 4.39 Å². The number of benzene rings is 1. The standard InChI is InChI=1S/C11H14FN5O/c1-2-18-6-5-17-11(14-15-16-17)9-4-3-8(13)7-10(9)12/h3-4,7H,2,5-6,13H2,1H3. The molecular formula is C11H14FN5O. The Bertz CT molecular complexity index is 528. The van der Waals surface area contributed by atoms with Crippen LogP contribution in [0.25, 0.3) is 11.4 Å². The molecule has 1 heterocycles. The molecular weight excluding hydrogens is 237 g/mol. The van der Waals surface area contributed by atoms with Crippen LogP contribution in [0.4, 0.5) is 10.1 Å². The summed E-state index contributed by atoms with van der Waals surface area (Å²) in [6, 6.07) is 4.42. The van der Waals surface area contributed by atoms with Gasteiger partial charge >= 0.3 is 0 Å². The zero-order valence-corrected chi connectivity index (χ0v) is 10.0. The first-order valence-electron chi connectivity index (χ1n) is 5.61. The van der Waals surface area contributed by atoms with Gasteiger partial charge in [0.05, 0.1) is 18.7 Å². The van der Waals surface area contributed by atoms with Gasteiger partial charge in [-0.1, -0.05) is 0 Å². The van der Waals surface area contributed by atoms with E-state index < -0.39 is 5.82 Å². The summed E-state index contributed by atoms with van der Waals surface area (Å²) in [7, 11) is 0. The molecule has 0 aliphatic heterocycles. The molecule has 1 aromatic carbocycles. The number of nitrogens with zero attached hydrogens (tertiary/aromatic N) is 4. The topological polar surface area (TPSA) is 78.8 Å². The third-order valence-electron chi connectivity index (χ3n) is 2.42. The van der Waals surface area contributed by atoms with E-state index in [0.29, 0.717) is 36.8 Å². The second-order valence-corrected chi connectivity index (χ2v) is 3.66. The molecule has 6 nitrogen and oxygen atoms in total. The molecule has 0 radical (unpaired) electrons. The molecule has 0 aliphatic rings. The van der Waals surface area contributed by atoms with Crippen LogP contribution in [0.3, 0.4) is 0 Å². The van der Waals surface area contributed by atoms with Crippen molar-refractivity contribution >= 4 is 5.69 Å². The van der Waals surface area contributed by atoms with Gasteiger partial charge in [0, 0.05) is 12.3 Å². The van der Waals surface area contributed by atoms with Crippen molar-refractivity contribution in [2.45, 2.75) is 13.5 Å². The second-order valence-electron chi connectivity index (χ2n) is 3.66. The van der Waals surface area contributed by atoms with Crippen LogP contribution < -0.4 is 5.73 Å². The van der Waals surface area contributed by atoms with Crippen molar-refractivity contribution in [2.24, 2.45) is 0 Å². The van der Waals surface area contributed by atoms with E-state index in [2.05, 4.69) is 15.5 Å². The van der Waals surface area contributed by atoms with Crippen LogP contribution in [0.5, 0.6) is 0 Å². The second kappa shape index (κ2) is 5.54. The van der Waals surface area contributed by atoms with Crippen LogP contribution >= 0.6 is 0 Å². The number of rotatable bonds is 5. The largest absolute Gasteiger partial charge is 0.399 e. The Morgan fingerprint density at radius 2 is 2.28 bits per heavy atom. The number of ether oxygens (including phenoxy) is 1. The highest BCUT2D eigenvalue weighted by Gasteiger charge is 2.13. The fraction of sp³-hybridized carbons (Fsp3) is 0.364. The molecule has 96 valence electrons. The van der Waals surface area contributed by atoms with Gasteiger partial charge in [0.1, 0.15) is 5.82 Å². The van der Waals surface area contributed by atoms with Gasteiger partial charge in [0.25, 0.3) is 0 Å². The summed E-state index contributed by atoms with van der Waals surface area (Å²) in [5.74, 6) is -0.0744. The molecule has 2 rings (SSSR count). The van der Waals surface area contributed by atoms with Gasteiger partial charge in [-0.2, -0.15) is 0 Å². The highest BCUT2D eigenvalue weighted by atomic mass is 19.1. The third kappa shape index (κ3) is 2.62. The van der Waals surface area contributed by atoms with E-state index in [-0.39, 0.29) is 0 Å². The van der Waals surface area contributed by atoms with Gasteiger partial charge in [-0.3, -0.25) is 0 Å². The molecule has 0 bridgehead atoms. The Kier molecular flexibility index (Phi) is 3.83. The highest BCUT2D eigenvalue weighted by molar-refractivity contribution is 5.59. The summed E-state index contributed by atoms with van der Waals surface area (Å²) < 4.78 is 20.5. The maximum atomic E-state index is 13.8. The van der Waals surface area contributed by atoms with Gasteiger partial charge in [-0.05, 0) is 35.5 Å². The summed E-state index contributed by atoms with van der Waals surface area (Å²) in [6.45, 7) is 3.47. The number of aromatic nitrogens is 4. The fourth-order valence-corrected chi connectivity index (χ4v) is 1.56. The molecule has 0 saturated heterocycles. The molecule has 18 heavy (non-hydrogen) atoms. The van der Waals surface area contributed by atoms with Crippen LogP contribution in [-0.4, -0.2) is 33.4 Å². The molecule has 0 atom stereocenters. The number of hydrogen-bond donors (Lipinski definition) is 1. The van der Waals surface area contributed by atoms with Crippen molar-refractivity contribution in [2.75, 3.05) is 18.9 Å². The fourth-order valence-electron chi connectivity index (χ4n) is 1.56. The van der Waals surface area contributed by atoms with E-state index in [1.54, 1.807) is 12.1 Å². The molecule has 7 heteroatoms. The third-order valence-corrected chi connectivity index (χ3v) is 2.42. The van der Waals surface area contributed by atoms with Crippen molar-refractivity contribution in [3.63, 3.8) is 0 Å². The van der Waals surface area contributed by atoms with E-state index in [0.717, 1.165) is 0 Å². The normalized spacial score (nSPS) is 10.8. The molecule has 2 N–H and O–H groups in total. The quantitative estimate of drug-likeness (QED) is 0.636. The SMILES string of the molecule is CCOCCn1nnnc1-c1ccc(N)cc1F. The maximum Gasteiger partial charge on any atom is 0.185 e. The number of nitrogen functional groups attached to an aromatic ring is 1. The minimum atomic E-state index is -0.442. The summed E-state index contributed by atoms with van der Waals surface area (Å²) in [5, 5.41) is 11.2. The van der Waals surface area contributed by atoms with Gasteiger partial charge in [-0.15, -0.1) is 5.10 Å². The minimum absolute atomic E-state index is 0.325. The summed E-state index contributed by atoms with van der Waals surface area (Å²) >= 11 is 0. The van der Waals surface area contributed by atoms with E-state index in [4.69, 9.17) is 10.5 Å². The Balaban J connectivity index is 2.25. The van der Waals surface area contributed by atoms with Crippen molar-refractivity contribution < 1.29 is 9.13 Å². The van der Waals surface area contributed by atoms with Crippen molar-refractivity contribution in [1.82, 2.24) is 20.2 Å². The molecule has 0 fully saturated rings. The molecule has 0 saturated carbocycles. The molecule has 0 amide bonds. The van der Waals surface area contributed by atoms with Gasteiger partial charge < -0.3 is 10.5 Å². The predicted octanol–water partition coefficient (Wildman–Crippen LogP) is 1.10. The molecule has 1 aromatic heterocycles. The Morgan fingerprint density at radius 3 is 3.00 bits per heavy atom. The van der Waals surface area contributed by atoms with Gasteiger partial charge in [-0.25, -0.2) is 9.07 Å². The summed E-state index contributed by atoms with van der Waals surface area (Å²) in [5.41, 5.74) is 6.19. The Labute approximate surface area is 104 Å². The number of anilines is 1. The van der Waals surface area contributed by atoms with Crippen molar-refractivity contribution in [3.8, 4) is 11.4 Å².